The molecule has 0 bridgehead atoms. The molecule has 3 nitrogen and oxygen atoms in total. The molecule has 1 atom stereocenters. The van der Waals surface area contributed by atoms with Crippen LogP contribution in [0, 0.1) is 5.92 Å². The summed E-state index contributed by atoms with van der Waals surface area (Å²) in [6.07, 6.45) is -4.37. The summed E-state index contributed by atoms with van der Waals surface area (Å²) < 4.78 is 39.1. The summed E-state index contributed by atoms with van der Waals surface area (Å²) >= 11 is 0. The average molecular weight is 302 g/mol. The molecule has 0 aromatic heterocycles. The van der Waals surface area contributed by atoms with Gasteiger partial charge in [0, 0.05) is 19.5 Å². The molecule has 0 heterocycles. The van der Waals surface area contributed by atoms with Crippen molar-refractivity contribution in [2.24, 2.45) is 5.92 Å². The topological polar surface area (TPSA) is 41.1 Å². The maximum absolute atomic E-state index is 13.0. The molecule has 0 fully saturated rings. The Morgan fingerprint density at radius 2 is 1.81 bits per heavy atom. The van der Waals surface area contributed by atoms with E-state index in [1.54, 1.807) is 18.2 Å². The Balaban J connectivity index is 2.51. The molecule has 1 rings (SSSR count). The third-order valence-electron chi connectivity index (χ3n) is 2.87. The molecule has 1 aromatic carbocycles. The fourth-order valence-electron chi connectivity index (χ4n) is 1.80. The summed E-state index contributed by atoms with van der Waals surface area (Å²) in [5.74, 6) is 0.0688. The first-order valence-corrected chi connectivity index (χ1v) is 6.92. The molecule has 0 aliphatic rings. The summed E-state index contributed by atoms with van der Waals surface area (Å²) in [6, 6.07) is 5.87. The Morgan fingerprint density at radius 1 is 1.19 bits per heavy atom. The Hall–Kier alpha value is -1.56. The zero-order valence-corrected chi connectivity index (χ0v) is 12.2. The second-order valence-corrected chi connectivity index (χ2v) is 5.29. The summed E-state index contributed by atoms with van der Waals surface area (Å²) in [6.45, 7) is 4.41. The minimum Gasteiger partial charge on any atom is -0.356 e. The molecule has 0 saturated carbocycles. The van der Waals surface area contributed by atoms with Crippen molar-refractivity contribution < 1.29 is 18.0 Å². The highest BCUT2D eigenvalue weighted by molar-refractivity contribution is 5.76. The van der Waals surface area contributed by atoms with E-state index in [0.29, 0.717) is 12.5 Å². The lowest BCUT2D eigenvalue weighted by molar-refractivity contribution is -0.158. The Morgan fingerprint density at radius 3 is 2.33 bits per heavy atom. The van der Waals surface area contributed by atoms with Crippen molar-refractivity contribution in [1.82, 2.24) is 10.6 Å². The van der Waals surface area contributed by atoms with Gasteiger partial charge in [0.15, 0.2) is 0 Å². The van der Waals surface area contributed by atoms with Gasteiger partial charge in [0.05, 0.1) is 0 Å². The molecular weight excluding hydrogens is 281 g/mol. The quantitative estimate of drug-likeness (QED) is 0.813. The number of carbonyl (C=O) groups excluding carboxylic acids is 1. The van der Waals surface area contributed by atoms with Crippen LogP contribution in [-0.4, -0.2) is 25.2 Å². The molecule has 6 heteroatoms. The number of hydrogen-bond donors (Lipinski definition) is 2. The molecule has 1 unspecified atom stereocenters. The van der Waals surface area contributed by atoms with Crippen LogP contribution in [0.5, 0.6) is 0 Å². The normalized spacial score (nSPS) is 13.2. The van der Waals surface area contributed by atoms with Gasteiger partial charge in [-0.2, -0.15) is 13.2 Å². The minimum atomic E-state index is -4.39. The van der Waals surface area contributed by atoms with E-state index < -0.39 is 12.2 Å². The summed E-state index contributed by atoms with van der Waals surface area (Å²) in [5, 5.41) is 5.08. The molecule has 0 spiro atoms. The minimum absolute atomic E-state index is 0.0200. The van der Waals surface area contributed by atoms with Crippen LogP contribution in [0.1, 0.15) is 31.9 Å². The highest BCUT2D eigenvalue weighted by Crippen LogP contribution is 2.32. The van der Waals surface area contributed by atoms with E-state index in [1.165, 1.54) is 12.1 Å². The van der Waals surface area contributed by atoms with Crippen LogP contribution in [0.4, 0.5) is 13.2 Å². The van der Waals surface area contributed by atoms with Crippen LogP contribution in [-0.2, 0) is 4.79 Å². The number of alkyl halides is 3. The van der Waals surface area contributed by atoms with Gasteiger partial charge in [0.1, 0.15) is 6.04 Å². The second kappa shape index (κ2) is 8.02. The van der Waals surface area contributed by atoms with E-state index in [1.807, 2.05) is 13.8 Å². The maximum Gasteiger partial charge on any atom is 0.407 e. The Bertz CT molecular complexity index is 432. The Labute approximate surface area is 122 Å². The predicted octanol–water partition coefficient (Wildman–Crippen LogP) is 3.04. The first-order chi connectivity index (χ1) is 9.80. The molecule has 1 aromatic rings. The SMILES string of the molecule is CC(C)CNC(=O)CCNC(c1ccccc1)C(F)(F)F. The van der Waals surface area contributed by atoms with E-state index in [2.05, 4.69) is 10.6 Å². The molecule has 0 aliphatic carbocycles. The van der Waals surface area contributed by atoms with E-state index >= 15 is 0 Å². The van der Waals surface area contributed by atoms with Gasteiger partial charge in [-0.3, -0.25) is 4.79 Å². The molecule has 2 N–H and O–H groups in total. The molecular formula is C15H21F3N2O. The predicted molar refractivity (Wildman–Crippen MR) is 75.7 cm³/mol. The lowest BCUT2D eigenvalue weighted by Gasteiger charge is -2.22. The summed E-state index contributed by atoms with van der Waals surface area (Å²) in [5.41, 5.74) is 0.146. The van der Waals surface area contributed by atoms with Crippen LogP contribution >= 0.6 is 0 Å². The molecule has 0 saturated heterocycles. The van der Waals surface area contributed by atoms with Crippen LogP contribution < -0.4 is 10.6 Å². The molecule has 0 aliphatic heterocycles. The fourth-order valence-corrected chi connectivity index (χ4v) is 1.80. The summed E-state index contributed by atoms with van der Waals surface area (Å²) in [4.78, 5) is 11.5. The lowest BCUT2D eigenvalue weighted by atomic mass is 10.1. The van der Waals surface area contributed by atoms with Crippen molar-refractivity contribution in [1.29, 1.82) is 0 Å². The fraction of sp³-hybridized carbons (Fsp3) is 0.533. The van der Waals surface area contributed by atoms with E-state index in [-0.39, 0.29) is 24.4 Å². The summed E-state index contributed by atoms with van der Waals surface area (Å²) in [7, 11) is 0. The molecule has 1 amide bonds. The largest absolute Gasteiger partial charge is 0.407 e. The van der Waals surface area contributed by atoms with Gasteiger partial charge < -0.3 is 10.6 Å². The van der Waals surface area contributed by atoms with Crippen molar-refractivity contribution in [3.05, 3.63) is 35.9 Å². The zero-order chi connectivity index (χ0) is 15.9. The molecule has 21 heavy (non-hydrogen) atoms. The van der Waals surface area contributed by atoms with Crippen LogP contribution in [0.25, 0.3) is 0 Å². The van der Waals surface area contributed by atoms with Gasteiger partial charge in [-0.25, -0.2) is 0 Å². The number of halogens is 3. The van der Waals surface area contributed by atoms with Gasteiger partial charge in [-0.1, -0.05) is 44.2 Å². The van der Waals surface area contributed by atoms with Crippen LogP contribution in [0.15, 0.2) is 30.3 Å². The van der Waals surface area contributed by atoms with Gasteiger partial charge >= 0.3 is 6.18 Å². The third-order valence-corrected chi connectivity index (χ3v) is 2.87. The van der Waals surface area contributed by atoms with Crippen LogP contribution in [0.2, 0.25) is 0 Å². The monoisotopic (exact) mass is 302 g/mol. The average Bonchev–Trinajstić information content (AvgIpc) is 2.41. The first-order valence-electron chi connectivity index (χ1n) is 6.92. The highest BCUT2D eigenvalue weighted by Gasteiger charge is 2.40. The van der Waals surface area contributed by atoms with Crippen molar-refractivity contribution in [2.45, 2.75) is 32.5 Å². The van der Waals surface area contributed by atoms with E-state index in [4.69, 9.17) is 0 Å². The number of nitrogens with one attached hydrogen (secondary N) is 2. The molecule has 118 valence electrons. The molecule has 0 radical (unpaired) electrons. The zero-order valence-electron chi connectivity index (χ0n) is 12.2. The van der Waals surface area contributed by atoms with Crippen molar-refractivity contribution in [3.63, 3.8) is 0 Å². The van der Waals surface area contributed by atoms with Gasteiger partial charge in [-0.15, -0.1) is 0 Å². The number of hydrogen-bond acceptors (Lipinski definition) is 2. The number of rotatable bonds is 7. The van der Waals surface area contributed by atoms with Gasteiger partial charge in [0.2, 0.25) is 5.91 Å². The van der Waals surface area contributed by atoms with E-state index in [9.17, 15) is 18.0 Å². The van der Waals surface area contributed by atoms with Crippen LogP contribution in [0.3, 0.4) is 0 Å². The standard InChI is InChI=1S/C15H21F3N2O/c1-11(2)10-20-13(21)8-9-19-14(15(16,17)18)12-6-4-3-5-7-12/h3-7,11,14,19H,8-10H2,1-2H3,(H,20,21). The number of carbonyl (C=O) groups is 1. The third kappa shape index (κ3) is 6.62. The van der Waals surface area contributed by atoms with Crippen molar-refractivity contribution in [2.75, 3.05) is 13.1 Å². The second-order valence-electron chi connectivity index (χ2n) is 5.29. The number of amides is 1. The van der Waals surface area contributed by atoms with Gasteiger partial charge in [0.25, 0.3) is 0 Å². The van der Waals surface area contributed by atoms with Crippen molar-refractivity contribution >= 4 is 5.91 Å². The number of benzene rings is 1. The Kier molecular flexibility index (Phi) is 6.68. The lowest BCUT2D eigenvalue weighted by Crippen LogP contribution is -2.37. The highest BCUT2D eigenvalue weighted by atomic mass is 19.4. The van der Waals surface area contributed by atoms with E-state index in [0.717, 1.165) is 0 Å². The smallest absolute Gasteiger partial charge is 0.356 e. The van der Waals surface area contributed by atoms with Gasteiger partial charge in [-0.05, 0) is 11.5 Å². The first kappa shape index (κ1) is 17.5. The van der Waals surface area contributed by atoms with Crippen molar-refractivity contribution in [3.8, 4) is 0 Å². The maximum atomic E-state index is 13.0.